The van der Waals surface area contributed by atoms with E-state index in [-0.39, 0.29) is 56.0 Å². The third-order valence-corrected chi connectivity index (χ3v) is 10.4. The lowest BCUT2D eigenvalue weighted by Crippen LogP contribution is -2.47. The number of carbonyl (C=O) groups is 6. The smallest absolute Gasteiger partial charge is 0.321 e. The van der Waals surface area contributed by atoms with Gasteiger partial charge < -0.3 is 46.9 Å². The number of aliphatic hydroxyl groups excluding tert-OH is 1. The van der Waals surface area contributed by atoms with Crippen LogP contribution < -0.4 is 22.1 Å². The van der Waals surface area contributed by atoms with Gasteiger partial charge in [-0.15, -0.1) is 11.8 Å². The highest BCUT2D eigenvalue weighted by atomic mass is 32.2. The van der Waals surface area contributed by atoms with Crippen molar-refractivity contribution in [2.24, 2.45) is 16.9 Å². The van der Waals surface area contributed by atoms with Crippen LogP contribution in [0, 0.1) is 17.0 Å². The second kappa shape index (κ2) is 22.1. The minimum Gasteiger partial charge on any atom is -0.480 e. The molecule has 18 heteroatoms. The molecule has 0 fully saturated rings. The Labute approximate surface area is 339 Å². The Bertz CT molecular complexity index is 1910. The number of ketones is 1. The highest BCUT2D eigenvalue weighted by Crippen LogP contribution is 2.41. The first kappa shape index (κ1) is 47.2. The average molecular weight is 831 g/mol. The van der Waals surface area contributed by atoms with Gasteiger partial charge in [0.1, 0.15) is 29.5 Å². The zero-order valence-corrected chi connectivity index (χ0v) is 33.5. The molecule has 0 radical (unpaired) electrons. The number of rotatable bonds is 23. The second-order valence-corrected chi connectivity index (χ2v) is 16.1. The molecule has 0 aliphatic rings. The van der Waals surface area contributed by atoms with Crippen LogP contribution in [-0.2, 0) is 35.3 Å². The van der Waals surface area contributed by atoms with E-state index in [1.807, 2.05) is 55.7 Å². The van der Waals surface area contributed by atoms with Gasteiger partial charge in [-0.05, 0) is 48.1 Å². The Morgan fingerprint density at radius 3 is 2.24 bits per heavy atom. The van der Waals surface area contributed by atoms with E-state index < -0.39 is 83.1 Å². The van der Waals surface area contributed by atoms with Crippen molar-refractivity contribution in [1.29, 1.82) is 0 Å². The molecule has 3 aromatic rings. The van der Waals surface area contributed by atoms with E-state index in [0.29, 0.717) is 29.6 Å². The lowest BCUT2D eigenvalue weighted by atomic mass is 9.82. The van der Waals surface area contributed by atoms with Crippen molar-refractivity contribution < 1.29 is 52.9 Å². The van der Waals surface area contributed by atoms with E-state index in [1.54, 1.807) is 12.3 Å². The van der Waals surface area contributed by atoms with Crippen LogP contribution >= 0.6 is 11.8 Å². The number of aromatic nitrogens is 1. The molecule has 4 atom stereocenters. The summed E-state index contributed by atoms with van der Waals surface area (Å²) in [6.07, 6.45) is 1.34. The van der Waals surface area contributed by atoms with E-state index in [1.165, 1.54) is 4.90 Å². The predicted octanol–water partition coefficient (Wildman–Crippen LogP) is 2.68. The number of nitrogens with two attached hydrogens (primary N) is 2. The summed E-state index contributed by atoms with van der Waals surface area (Å²) < 4.78 is 31.2. The fraction of sp³-hybridized carbons (Fsp3) is 0.450. The second-order valence-electron chi connectivity index (χ2n) is 14.8. The number of nitrogens with one attached hydrogen (secondary N) is 2. The highest BCUT2D eigenvalue weighted by Gasteiger charge is 2.37. The van der Waals surface area contributed by atoms with Gasteiger partial charge in [0.2, 0.25) is 17.7 Å². The van der Waals surface area contributed by atoms with Gasteiger partial charge in [-0.1, -0.05) is 51.1 Å². The first-order chi connectivity index (χ1) is 27.3. The fourth-order valence-corrected chi connectivity index (χ4v) is 7.17. The monoisotopic (exact) mass is 830 g/mol. The Balaban J connectivity index is 1.64. The molecule has 58 heavy (non-hydrogen) atoms. The van der Waals surface area contributed by atoms with Gasteiger partial charge in [-0.2, -0.15) is 0 Å². The van der Waals surface area contributed by atoms with Crippen LogP contribution in [0.25, 0.3) is 11.1 Å². The van der Waals surface area contributed by atoms with E-state index in [9.17, 15) is 43.4 Å². The van der Waals surface area contributed by atoms with Crippen molar-refractivity contribution in [3.05, 3.63) is 83.7 Å². The van der Waals surface area contributed by atoms with Gasteiger partial charge in [0.25, 0.3) is 0 Å². The molecule has 0 spiro atoms. The van der Waals surface area contributed by atoms with Crippen molar-refractivity contribution in [2.75, 3.05) is 32.0 Å². The van der Waals surface area contributed by atoms with Gasteiger partial charge >= 0.3 is 11.9 Å². The maximum Gasteiger partial charge on any atom is 0.321 e. The average Bonchev–Trinajstić information content (AvgIpc) is 3.57. The quantitative estimate of drug-likeness (QED) is 0.0682. The van der Waals surface area contributed by atoms with Gasteiger partial charge in [0.15, 0.2) is 5.78 Å². The number of hydrogen-bond acceptors (Lipinski definition) is 10. The molecule has 0 aliphatic heterocycles. The minimum absolute atomic E-state index is 0.0161. The van der Waals surface area contributed by atoms with Crippen LogP contribution in [0.3, 0.4) is 0 Å². The summed E-state index contributed by atoms with van der Waals surface area (Å²) in [5, 5.41) is 32.0. The molecule has 1 heterocycles. The Morgan fingerprint density at radius 2 is 1.62 bits per heavy atom. The number of aliphatic hydroxyl groups is 1. The third-order valence-electron chi connectivity index (χ3n) is 9.11. The number of benzene rings is 2. The summed E-state index contributed by atoms with van der Waals surface area (Å²) in [6.45, 7) is 4.79. The molecule has 3 amide bonds. The molecule has 9 N–H and O–H groups in total. The maximum absolute atomic E-state index is 15.0. The normalized spacial score (nSPS) is 13.5. The Morgan fingerprint density at radius 1 is 0.931 bits per heavy atom. The molecule has 2 aromatic carbocycles. The lowest BCUT2D eigenvalue weighted by Gasteiger charge is -2.41. The molecule has 1 aromatic heterocycles. The number of carbonyl (C=O) groups excluding carboxylic acids is 4. The highest BCUT2D eigenvalue weighted by molar-refractivity contribution is 8.00. The number of halogens is 2. The van der Waals surface area contributed by atoms with Gasteiger partial charge in [-0.25, -0.2) is 8.78 Å². The number of amides is 3. The molecule has 0 aliphatic carbocycles. The third kappa shape index (κ3) is 14.3. The standard InChI is InChI=1S/C40H52F2N6O9S/c1-40(2,3)36(32-16-25(28-17-26(41)11-12-29(28)42)21-47(32)20-24-8-5-4-6-9-24)48(35(52)22-49)15-13-30(43)37(53)45-14-7-10-27(50)19-46-34(51)18-33(39(56)57)58-23-31(44)38(54)55/h4-6,8-9,11-12,16-17,21,30-31,33,36,49H,7,10,13-15,18-20,22-23,43-44H2,1-3H3,(H,45,53)(H,46,51)(H,54,55)(H,56,57)/t30-,31-,33-,36-/m0/s1. The van der Waals surface area contributed by atoms with Gasteiger partial charge in [0.05, 0.1) is 18.6 Å². The number of thioether (sulfide) groups is 1. The SMILES string of the molecule is CC(C)(C)[C@H](c1cc(-c2cc(F)ccc2F)cn1Cc1ccccc1)N(CC[C@H](N)C(=O)NCCCC(=O)CNC(=O)C[C@H](SC[C@H](N)C(=O)O)C(=O)O)C(=O)CO. The topological polar surface area (TPSA) is 247 Å². The summed E-state index contributed by atoms with van der Waals surface area (Å²) >= 11 is 0.705. The zero-order valence-electron chi connectivity index (χ0n) is 32.7. The lowest BCUT2D eigenvalue weighted by molar-refractivity contribution is -0.140. The van der Waals surface area contributed by atoms with E-state index in [2.05, 4.69) is 10.6 Å². The summed E-state index contributed by atoms with van der Waals surface area (Å²) in [5.41, 5.74) is 12.9. The van der Waals surface area contributed by atoms with Crippen LogP contribution in [0.1, 0.15) is 63.8 Å². The van der Waals surface area contributed by atoms with E-state index in [0.717, 1.165) is 23.8 Å². The van der Waals surface area contributed by atoms with Crippen molar-refractivity contribution >= 4 is 47.2 Å². The molecule has 0 bridgehead atoms. The molecule has 0 saturated carbocycles. The Hall–Kier alpha value is -5.17. The Kier molecular flexibility index (Phi) is 18.0. The first-order valence-electron chi connectivity index (χ1n) is 18.6. The largest absolute Gasteiger partial charge is 0.480 e. The number of aliphatic carboxylic acids is 2. The van der Waals surface area contributed by atoms with Crippen LogP contribution in [0.4, 0.5) is 8.78 Å². The molecular weight excluding hydrogens is 779 g/mol. The summed E-state index contributed by atoms with van der Waals surface area (Å²) in [6, 6.07) is 11.2. The summed E-state index contributed by atoms with van der Waals surface area (Å²) in [5.74, 6) is -6.41. The number of Topliss-reactive ketones (excluding diaryl/α,β-unsaturated/α-hetero) is 1. The number of carboxylic acids is 2. The van der Waals surface area contributed by atoms with Gasteiger partial charge in [-0.3, -0.25) is 28.8 Å². The minimum atomic E-state index is -1.33. The van der Waals surface area contributed by atoms with Crippen LogP contribution in [0.2, 0.25) is 0 Å². The summed E-state index contributed by atoms with van der Waals surface area (Å²) in [7, 11) is 0. The van der Waals surface area contributed by atoms with Crippen molar-refractivity contribution in [3.8, 4) is 11.1 Å². The molecule has 0 unspecified atom stereocenters. The summed E-state index contributed by atoms with van der Waals surface area (Å²) in [4.78, 5) is 74.8. The molecule has 15 nitrogen and oxygen atoms in total. The maximum atomic E-state index is 15.0. The fourth-order valence-electron chi connectivity index (χ4n) is 6.17. The van der Waals surface area contributed by atoms with Crippen LogP contribution in [0.15, 0.2) is 60.8 Å². The number of hydrogen-bond donors (Lipinski definition) is 7. The zero-order chi connectivity index (χ0) is 43.2. The number of nitrogens with zero attached hydrogens (tertiary/aromatic N) is 2. The molecule has 3 rings (SSSR count). The molecule has 0 saturated heterocycles. The van der Waals surface area contributed by atoms with E-state index >= 15 is 4.39 Å². The predicted molar refractivity (Wildman–Crippen MR) is 213 cm³/mol. The van der Waals surface area contributed by atoms with Crippen LogP contribution in [-0.4, -0.2) is 110 Å². The van der Waals surface area contributed by atoms with E-state index in [4.69, 9.17) is 16.6 Å². The van der Waals surface area contributed by atoms with Gasteiger partial charge in [0, 0.05) is 61.2 Å². The number of carboxylic acid groups (broad SMARTS) is 2. The van der Waals surface area contributed by atoms with Crippen molar-refractivity contribution in [1.82, 2.24) is 20.1 Å². The van der Waals surface area contributed by atoms with Crippen molar-refractivity contribution in [2.45, 2.75) is 76.4 Å². The van der Waals surface area contributed by atoms with Crippen LogP contribution in [0.5, 0.6) is 0 Å². The first-order valence-corrected chi connectivity index (χ1v) is 19.6. The molecule has 316 valence electrons. The van der Waals surface area contributed by atoms with Crippen molar-refractivity contribution in [3.63, 3.8) is 0 Å². The molecular formula is C40H52F2N6O9S.